The summed E-state index contributed by atoms with van der Waals surface area (Å²) in [5.41, 5.74) is 3.29. The first-order chi connectivity index (χ1) is 15.7. The number of urea groups is 1. The summed E-state index contributed by atoms with van der Waals surface area (Å²) in [6.45, 7) is 1.89. The summed E-state index contributed by atoms with van der Waals surface area (Å²) in [7, 11) is -1.74. The van der Waals surface area contributed by atoms with Crippen molar-refractivity contribution in [2.75, 3.05) is 10.6 Å². The van der Waals surface area contributed by atoms with Crippen LogP contribution in [0.3, 0.4) is 0 Å². The van der Waals surface area contributed by atoms with E-state index in [1.807, 2.05) is 38.2 Å². The molecule has 4 aromatic rings. The second kappa shape index (κ2) is 9.38. The predicted molar refractivity (Wildman–Crippen MR) is 133 cm³/mol. The van der Waals surface area contributed by atoms with Crippen molar-refractivity contribution in [2.24, 2.45) is 7.05 Å². The largest absolute Gasteiger partial charge is 0.323 e. The van der Waals surface area contributed by atoms with Gasteiger partial charge in [0.05, 0.1) is 32.7 Å². The molecule has 170 valence electrons. The topological polar surface area (TPSA) is 93.1 Å². The first-order valence-electron chi connectivity index (χ1n) is 9.96. The number of para-hydroxylation sites is 1. The Kier molecular flexibility index (Phi) is 6.55. The number of amides is 2. The van der Waals surface area contributed by atoms with Gasteiger partial charge in [-0.3, -0.25) is 4.68 Å². The summed E-state index contributed by atoms with van der Waals surface area (Å²) in [5.74, 6) is -0.201. The maximum absolute atomic E-state index is 13.0. The Bertz CT molecular complexity index is 1410. The molecule has 0 aliphatic carbocycles. The summed E-state index contributed by atoms with van der Waals surface area (Å²) in [4.78, 5) is 13.0. The van der Waals surface area contributed by atoms with Crippen molar-refractivity contribution in [1.82, 2.24) is 9.78 Å². The molecule has 0 unspecified atom stereocenters. The smallest absolute Gasteiger partial charge is 0.308 e. The maximum Gasteiger partial charge on any atom is 0.323 e. The van der Waals surface area contributed by atoms with Crippen LogP contribution in [0.2, 0.25) is 5.02 Å². The number of nitrogens with one attached hydrogen (secondary N) is 2. The van der Waals surface area contributed by atoms with Gasteiger partial charge < -0.3 is 10.6 Å². The first kappa shape index (κ1) is 23.0. The Morgan fingerprint density at radius 1 is 1.06 bits per heavy atom. The van der Waals surface area contributed by atoms with Crippen LogP contribution in [-0.2, 0) is 22.6 Å². The number of hydrogen-bond donors (Lipinski definition) is 2. The molecule has 0 saturated heterocycles. The fourth-order valence-electron chi connectivity index (χ4n) is 3.31. The SMILES string of the molecule is Cc1cc(-c2ccc(S(=O)(=O)Cc3ccc(NC(=O)Nc4ccccc4)c(Cl)c3)s2)n(C)n1. The zero-order chi connectivity index (χ0) is 23.6. The third-order valence-electron chi connectivity index (χ3n) is 4.81. The summed E-state index contributed by atoms with van der Waals surface area (Å²) in [6, 6.07) is 18.7. The highest BCUT2D eigenvalue weighted by atomic mass is 35.5. The first-order valence-corrected chi connectivity index (χ1v) is 12.8. The van der Waals surface area contributed by atoms with Gasteiger partial charge in [0.1, 0.15) is 4.21 Å². The lowest BCUT2D eigenvalue weighted by Gasteiger charge is -2.10. The van der Waals surface area contributed by atoms with E-state index in [4.69, 9.17) is 11.6 Å². The van der Waals surface area contributed by atoms with Gasteiger partial charge in [0, 0.05) is 12.7 Å². The lowest BCUT2D eigenvalue weighted by Crippen LogP contribution is -2.19. The van der Waals surface area contributed by atoms with E-state index in [0.717, 1.165) is 16.3 Å². The number of halogens is 1. The van der Waals surface area contributed by atoms with Gasteiger partial charge in [-0.15, -0.1) is 11.3 Å². The molecule has 0 aliphatic rings. The van der Waals surface area contributed by atoms with Crippen molar-refractivity contribution in [3.8, 4) is 10.6 Å². The molecule has 0 fully saturated rings. The van der Waals surface area contributed by atoms with Gasteiger partial charge in [0.2, 0.25) is 0 Å². The van der Waals surface area contributed by atoms with E-state index in [2.05, 4.69) is 15.7 Å². The zero-order valence-electron chi connectivity index (χ0n) is 17.9. The summed E-state index contributed by atoms with van der Waals surface area (Å²) in [6.07, 6.45) is 0. The molecule has 2 N–H and O–H groups in total. The van der Waals surface area contributed by atoms with Gasteiger partial charge in [-0.1, -0.05) is 35.9 Å². The van der Waals surface area contributed by atoms with Crippen LogP contribution in [0.1, 0.15) is 11.3 Å². The van der Waals surface area contributed by atoms with Crippen LogP contribution in [0.4, 0.5) is 16.2 Å². The molecule has 2 aromatic heterocycles. The van der Waals surface area contributed by atoms with Crippen molar-refractivity contribution < 1.29 is 13.2 Å². The third kappa shape index (κ3) is 5.44. The molecule has 10 heteroatoms. The zero-order valence-corrected chi connectivity index (χ0v) is 20.3. The highest BCUT2D eigenvalue weighted by molar-refractivity contribution is 7.92. The van der Waals surface area contributed by atoms with Crippen LogP contribution < -0.4 is 10.6 Å². The van der Waals surface area contributed by atoms with Crippen molar-refractivity contribution in [1.29, 1.82) is 0 Å². The molecule has 2 amide bonds. The fourth-order valence-corrected chi connectivity index (χ4v) is 6.34. The maximum atomic E-state index is 13.0. The molecule has 0 bridgehead atoms. The summed E-state index contributed by atoms with van der Waals surface area (Å²) < 4.78 is 28.0. The molecule has 0 saturated carbocycles. The number of aryl methyl sites for hydroxylation is 2. The number of carbonyl (C=O) groups is 1. The van der Waals surface area contributed by atoms with Gasteiger partial charge in [-0.2, -0.15) is 5.10 Å². The van der Waals surface area contributed by atoms with E-state index in [-0.39, 0.29) is 15.0 Å². The normalized spacial score (nSPS) is 11.4. The molecule has 0 aliphatic heterocycles. The number of carbonyl (C=O) groups excluding carboxylic acids is 1. The number of sulfone groups is 1. The molecule has 2 heterocycles. The summed E-state index contributed by atoms with van der Waals surface area (Å²) >= 11 is 7.52. The number of rotatable bonds is 6. The lowest BCUT2D eigenvalue weighted by molar-refractivity contribution is 0.262. The standard InChI is InChI=1S/C23H21ClN4O3S2/c1-15-12-20(28(2)27-15)21-10-11-22(32-21)33(30,31)14-16-8-9-19(18(24)13-16)26-23(29)25-17-6-4-3-5-7-17/h3-13H,14H2,1-2H3,(H2,25,26,29). The van der Waals surface area contributed by atoms with Gasteiger partial charge in [-0.05, 0) is 55.0 Å². The molecule has 0 spiro atoms. The van der Waals surface area contributed by atoms with Crippen molar-refractivity contribution in [2.45, 2.75) is 16.9 Å². The van der Waals surface area contributed by atoms with Crippen molar-refractivity contribution in [3.05, 3.63) is 83.0 Å². The van der Waals surface area contributed by atoms with Crippen LogP contribution in [0.25, 0.3) is 10.6 Å². The van der Waals surface area contributed by atoms with Gasteiger partial charge in [0.15, 0.2) is 9.84 Å². The van der Waals surface area contributed by atoms with Crippen molar-refractivity contribution >= 4 is 50.2 Å². The third-order valence-corrected chi connectivity index (χ3v) is 8.50. The molecule has 7 nitrogen and oxygen atoms in total. The Labute approximate surface area is 200 Å². The number of anilines is 2. The van der Waals surface area contributed by atoms with Crippen LogP contribution in [0, 0.1) is 6.92 Å². The second-order valence-electron chi connectivity index (χ2n) is 7.43. The van der Waals surface area contributed by atoms with Gasteiger partial charge in [0.25, 0.3) is 0 Å². The van der Waals surface area contributed by atoms with E-state index in [9.17, 15) is 13.2 Å². The van der Waals surface area contributed by atoms with Gasteiger partial charge in [-0.25, -0.2) is 13.2 Å². The average Bonchev–Trinajstić information content (AvgIpc) is 3.37. The predicted octanol–water partition coefficient (Wildman–Crippen LogP) is 5.73. The van der Waals surface area contributed by atoms with Crippen LogP contribution in [-0.4, -0.2) is 24.2 Å². The fraction of sp³-hybridized carbons (Fsp3) is 0.130. The lowest BCUT2D eigenvalue weighted by atomic mass is 10.2. The highest BCUT2D eigenvalue weighted by Gasteiger charge is 2.20. The Hall–Kier alpha value is -3.14. The van der Waals surface area contributed by atoms with E-state index in [1.54, 1.807) is 47.1 Å². The van der Waals surface area contributed by atoms with E-state index < -0.39 is 15.9 Å². The molecular weight excluding hydrogens is 480 g/mol. The minimum atomic E-state index is -3.57. The monoisotopic (exact) mass is 500 g/mol. The Balaban J connectivity index is 1.46. The second-order valence-corrected chi connectivity index (χ2v) is 11.1. The molecule has 0 atom stereocenters. The number of thiophene rings is 1. The number of hydrogen-bond acceptors (Lipinski definition) is 5. The molecular formula is C23H21ClN4O3S2. The van der Waals surface area contributed by atoms with E-state index in [1.165, 1.54) is 11.3 Å². The quantitative estimate of drug-likeness (QED) is 0.353. The average molecular weight is 501 g/mol. The van der Waals surface area contributed by atoms with E-state index >= 15 is 0 Å². The highest BCUT2D eigenvalue weighted by Crippen LogP contribution is 2.33. The summed E-state index contributed by atoms with van der Waals surface area (Å²) in [5, 5.41) is 9.94. The van der Waals surface area contributed by atoms with Crippen LogP contribution in [0.5, 0.6) is 0 Å². The number of aromatic nitrogens is 2. The van der Waals surface area contributed by atoms with Gasteiger partial charge >= 0.3 is 6.03 Å². The Morgan fingerprint density at radius 3 is 2.48 bits per heavy atom. The number of nitrogens with zero attached hydrogens (tertiary/aromatic N) is 2. The van der Waals surface area contributed by atoms with E-state index in [0.29, 0.717) is 16.9 Å². The minimum absolute atomic E-state index is 0.201. The molecule has 2 aromatic carbocycles. The molecule has 33 heavy (non-hydrogen) atoms. The van der Waals surface area contributed by atoms with Crippen molar-refractivity contribution in [3.63, 3.8) is 0 Å². The number of benzene rings is 2. The van der Waals surface area contributed by atoms with Crippen LogP contribution in [0.15, 0.2) is 70.9 Å². The molecule has 0 radical (unpaired) electrons. The Morgan fingerprint density at radius 2 is 1.82 bits per heavy atom. The minimum Gasteiger partial charge on any atom is -0.308 e. The molecule has 4 rings (SSSR count). The van der Waals surface area contributed by atoms with Crippen LogP contribution >= 0.6 is 22.9 Å².